The highest BCUT2D eigenvalue weighted by Gasteiger charge is 2.34. The normalized spacial score (nSPS) is 30.3. The summed E-state index contributed by atoms with van der Waals surface area (Å²) >= 11 is 3.51. The Morgan fingerprint density at radius 1 is 1.26 bits per heavy atom. The highest BCUT2D eigenvalue weighted by atomic mass is 79.9. The summed E-state index contributed by atoms with van der Waals surface area (Å²) in [6.45, 7) is 8.23. The zero-order valence-corrected chi connectivity index (χ0v) is 13.9. The van der Waals surface area contributed by atoms with Crippen molar-refractivity contribution in [2.75, 3.05) is 13.6 Å². The fourth-order valence-corrected chi connectivity index (χ4v) is 3.54. The molecule has 0 spiro atoms. The molecule has 3 heteroatoms. The second-order valence-corrected chi connectivity index (χ2v) is 6.66. The lowest BCUT2D eigenvalue weighted by Crippen LogP contribution is -2.53. The Bertz CT molecular complexity index is 404. The fourth-order valence-electron chi connectivity index (χ4n) is 3.28. The van der Waals surface area contributed by atoms with Crippen molar-refractivity contribution in [3.63, 3.8) is 0 Å². The summed E-state index contributed by atoms with van der Waals surface area (Å²) in [5.74, 6) is 0.691. The molecule has 1 aromatic carbocycles. The summed E-state index contributed by atoms with van der Waals surface area (Å²) in [6, 6.07) is 10.5. The number of benzene rings is 1. The van der Waals surface area contributed by atoms with Crippen LogP contribution in [0.15, 0.2) is 28.7 Å². The first-order valence-electron chi connectivity index (χ1n) is 7.23. The second kappa shape index (κ2) is 6.38. The van der Waals surface area contributed by atoms with Crippen molar-refractivity contribution < 1.29 is 0 Å². The lowest BCUT2D eigenvalue weighted by atomic mass is 9.85. The summed E-state index contributed by atoms with van der Waals surface area (Å²) in [7, 11) is 2.09. The van der Waals surface area contributed by atoms with E-state index in [0.717, 1.165) is 4.47 Å². The number of rotatable bonds is 3. The maximum absolute atomic E-state index is 3.51. The third kappa shape index (κ3) is 3.21. The molecule has 0 amide bonds. The molecule has 0 saturated carbocycles. The monoisotopic (exact) mass is 324 g/mol. The average Bonchev–Trinajstić information content (AvgIpc) is 2.42. The first-order chi connectivity index (χ1) is 9.04. The van der Waals surface area contributed by atoms with E-state index in [1.165, 1.54) is 18.5 Å². The molecule has 1 saturated heterocycles. The molecule has 1 N–H and O–H groups in total. The van der Waals surface area contributed by atoms with Gasteiger partial charge >= 0.3 is 0 Å². The molecule has 0 aromatic heterocycles. The third-order valence-corrected chi connectivity index (χ3v) is 5.37. The molecule has 0 aliphatic carbocycles. The molecule has 1 aliphatic rings. The van der Waals surface area contributed by atoms with E-state index in [1.54, 1.807) is 0 Å². The summed E-state index contributed by atoms with van der Waals surface area (Å²) in [4.78, 5) is 2.64. The number of piperidine rings is 1. The van der Waals surface area contributed by atoms with Gasteiger partial charge in [0.15, 0.2) is 0 Å². The van der Waals surface area contributed by atoms with Gasteiger partial charge in [-0.25, -0.2) is 0 Å². The Balaban J connectivity index is 2.11. The Labute approximate surface area is 125 Å². The van der Waals surface area contributed by atoms with Crippen LogP contribution in [0.1, 0.15) is 38.8 Å². The minimum Gasteiger partial charge on any atom is -0.317 e. The molecule has 1 heterocycles. The molecule has 2 nitrogen and oxygen atoms in total. The molecular formula is C16H25BrN2. The number of nitrogens with one attached hydrogen (secondary N) is 1. The van der Waals surface area contributed by atoms with E-state index in [0.29, 0.717) is 24.0 Å². The van der Waals surface area contributed by atoms with Gasteiger partial charge in [0, 0.05) is 29.1 Å². The molecule has 0 bridgehead atoms. The first-order valence-corrected chi connectivity index (χ1v) is 8.02. The second-order valence-electron chi connectivity index (χ2n) is 5.75. The van der Waals surface area contributed by atoms with Gasteiger partial charge in [-0.15, -0.1) is 0 Å². The van der Waals surface area contributed by atoms with E-state index in [-0.39, 0.29) is 0 Å². The Morgan fingerprint density at radius 2 is 1.89 bits per heavy atom. The Hall–Kier alpha value is -0.380. The van der Waals surface area contributed by atoms with Gasteiger partial charge in [-0.1, -0.05) is 35.0 Å². The topological polar surface area (TPSA) is 15.3 Å². The van der Waals surface area contributed by atoms with Crippen molar-refractivity contribution >= 4 is 15.9 Å². The molecule has 106 valence electrons. The summed E-state index contributed by atoms with van der Waals surface area (Å²) < 4.78 is 1.15. The van der Waals surface area contributed by atoms with Crippen molar-refractivity contribution in [3.05, 3.63) is 34.3 Å². The summed E-state index contributed by atoms with van der Waals surface area (Å²) in [6.07, 6.45) is 1.24. The maximum atomic E-state index is 3.51. The van der Waals surface area contributed by atoms with E-state index in [4.69, 9.17) is 0 Å². The smallest absolute Gasteiger partial charge is 0.0322 e. The van der Waals surface area contributed by atoms with E-state index in [2.05, 4.69) is 78.2 Å². The van der Waals surface area contributed by atoms with E-state index in [1.807, 2.05) is 0 Å². The van der Waals surface area contributed by atoms with E-state index >= 15 is 0 Å². The molecule has 1 fully saturated rings. The highest BCUT2D eigenvalue weighted by molar-refractivity contribution is 9.10. The first kappa shape index (κ1) is 15.0. The quantitative estimate of drug-likeness (QED) is 0.909. The molecular weight excluding hydrogens is 300 g/mol. The van der Waals surface area contributed by atoms with Gasteiger partial charge in [0.05, 0.1) is 0 Å². The highest BCUT2D eigenvalue weighted by Crippen LogP contribution is 2.31. The Kier molecular flexibility index (Phi) is 5.04. The van der Waals surface area contributed by atoms with Crippen molar-refractivity contribution in [2.24, 2.45) is 5.92 Å². The van der Waals surface area contributed by atoms with Crippen LogP contribution in [0, 0.1) is 5.92 Å². The molecule has 19 heavy (non-hydrogen) atoms. The van der Waals surface area contributed by atoms with Gasteiger partial charge in [0.25, 0.3) is 0 Å². The van der Waals surface area contributed by atoms with Crippen molar-refractivity contribution in [2.45, 2.75) is 45.3 Å². The summed E-state index contributed by atoms with van der Waals surface area (Å²) in [5.41, 5.74) is 1.41. The van der Waals surface area contributed by atoms with Gasteiger partial charge in [-0.05, 0) is 50.9 Å². The van der Waals surface area contributed by atoms with E-state index in [9.17, 15) is 0 Å². The van der Waals surface area contributed by atoms with Crippen LogP contribution in [0.4, 0.5) is 0 Å². The minimum absolute atomic E-state index is 0.489. The largest absolute Gasteiger partial charge is 0.317 e. The van der Waals surface area contributed by atoms with Gasteiger partial charge in [0.2, 0.25) is 0 Å². The van der Waals surface area contributed by atoms with Crippen LogP contribution in [0.3, 0.4) is 0 Å². The number of likely N-dealkylation sites (tertiary alicyclic amines) is 1. The van der Waals surface area contributed by atoms with Crippen molar-refractivity contribution in [1.29, 1.82) is 0 Å². The van der Waals surface area contributed by atoms with Gasteiger partial charge in [0.1, 0.15) is 0 Å². The predicted octanol–water partition coefficient (Wildman–Crippen LogP) is 3.83. The number of hydrogen-bond acceptors (Lipinski definition) is 2. The SMILES string of the molecule is CNC1CCN(C(C)c2ccc(Br)cc2)C(C)C1C. The van der Waals surface area contributed by atoms with Crippen LogP contribution < -0.4 is 5.32 Å². The van der Waals surface area contributed by atoms with Crippen LogP contribution in [-0.4, -0.2) is 30.6 Å². The number of halogens is 1. The minimum atomic E-state index is 0.489. The standard InChI is InChI=1S/C16H25BrN2/c1-11-12(2)19(10-9-16(11)18-4)13(3)14-5-7-15(17)8-6-14/h5-8,11-13,16,18H,9-10H2,1-4H3. The molecule has 4 unspecified atom stereocenters. The van der Waals surface area contributed by atoms with Gasteiger partial charge in [-0.2, -0.15) is 0 Å². The van der Waals surface area contributed by atoms with Gasteiger partial charge < -0.3 is 5.32 Å². The van der Waals surface area contributed by atoms with E-state index < -0.39 is 0 Å². The fraction of sp³-hybridized carbons (Fsp3) is 0.625. The van der Waals surface area contributed by atoms with Gasteiger partial charge in [-0.3, -0.25) is 4.90 Å². The molecule has 1 aliphatic heterocycles. The average molecular weight is 325 g/mol. The van der Waals surface area contributed by atoms with Crippen LogP contribution in [0.2, 0.25) is 0 Å². The van der Waals surface area contributed by atoms with Crippen molar-refractivity contribution in [3.8, 4) is 0 Å². The lowest BCUT2D eigenvalue weighted by molar-refractivity contribution is 0.0545. The summed E-state index contributed by atoms with van der Waals surface area (Å²) in [5, 5.41) is 3.46. The Morgan fingerprint density at radius 3 is 2.47 bits per heavy atom. The molecule has 2 rings (SSSR count). The van der Waals surface area contributed by atoms with Crippen LogP contribution >= 0.6 is 15.9 Å². The van der Waals surface area contributed by atoms with Crippen LogP contribution in [-0.2, 0) is 0 Å². The zero-order valence-electron chi connectivity index (χ0n) is 12.4. The van der Waals surface area contributed by atoms with Crippen LogP contribution in [0.25, 0.3) is 0 Å². The lowest BCUT2D eigenvalue weighted by Gasteiger charge is -2.45. The predicted molar refractivity (Wildman–Crippen MR) is 85.4 cm³/mol. The maximum Gasteiger partial charge on any atom is 0.0322 e. The van der Waals surface area contributed by atoms with Crippen molar-refractivity contribution in [1.82, 2.24) is 10.2 Å². The molecule has 1 aromatic rings. The number of hydrogen-bond donors (Lipinski definition) is 1. The molecule has 0 radical (unpaired) electrons. The number of nitrogens with zero attached hydrogens (tertiary/aromatic N) is 1. The third-order valence-electron chi connectivity index (χ3n) is 4.84. The molecule has 4 atom stereocenters. The van der Waals surface area contributed by atoms with Crippen LogP contribution in [0.5, 0.6) is 0 Å². The zero-order chi connectivity index (χ0) is 14.0.